The minimum absolute atomic E-state index is 0.158. The molecule has 0 aromatic heterocycles. The van der Waals surface area contributed by atoms with Crippen LogP contribution in [0.15, 0.2) is 29.2 Å². The number of aryl methyl sites for hydroxylation is 1. The zero-order chi connectivity index (χ0) is 11.4. The van der Waals surface area contributed by atoms with E-state index in [0.717, 1.165) is 4.90 Å². The third-order valence-electron chi connectivity index (χ3n) is 2.51. The van der Waals surface area contributed by atoms with E-state index in [1.165, 1.54) is 5.56 Å². The first-order chi connectivity index (χ1) is 7.75. The molecule has 3 nitrogen and oxygen atoms in total. The van der Waals surface area contributed by atoms with Gasteiger partial charge in [-0.05, 0) is 19.1 Å². The van der Waals surface area contributed by atoms with Crippen molar-refractivity contribution in [3.63, 3.8) is 0 Å². The summed E-state index contributed by atoms with van der Waals surface area (Å²) in [6.45, 7) is 3.33. The molecule has 1 aliphatic rings. The van der Waals surface area contributed by atoms with Gasteiger partial charge in [-0.2, -0.15) is 0 Å². The third-order valence-corrected chi connectivity index (χ3v) is 3.92. The number of hydrogen-bond donors (Lipinski definition) is 0. The molecule has 1 aromatic carbocycles. The fourth-order valence-corrected chi connectivity index (χ4v) is 2.67. The molecule has 4 heteroatoms. The molecule has 0 amide bonds. The Morgan fingerprint density at radius 3 is 2.50 bits per heavy atom. The van der Waals surface area contributed by atoms with Gasteiger partial charge in [0.25, 0.3) is 0 Å². The standard InChI is InChI=1S/C12H16O3S/c1-10-2-4-11(5-3-10)16(13)9-6-12-14-7-8-15-12/h2-5,12H,6-9H2,1H3/t16-/m1/s1. The van der Waals surface area contributed by atoms with E-state index in [1.807, 2.05) is 31.2 Å². The van der Waals surface area contributed by atoms with Crippen LogP contribution in [0.2, 0.25) is 0 Å². The SMILES string of the molecule is Cc1ccc([S@](=O)CCC2OCCO2)cc1. The molecule has 1 saturated heterocycles. The van der Waals surface area contributed by atoms with Gasteiger partial charge in [-0.3, -0.25) is 4.21 Å². The molecule has 0 aliphatic carbocycles. The van der Waals surface area contributed by atoms with Crippen LogP contribution < -0.4 is 0 Å². The van der Waals surface area contributed by atoms with E-state index in [4.69, 9.17) is 9.47 Å². The quantitative estimate of drug-likeness (QED) is 0.806. The summed E-state index contributed by atoms with van der Waals surface area (Å²) in [5.41, 5.74) is 1.18. The normalized spacial score (nSPS) is 18.8. The summed E-state index contributed by atoms with van der Waals surface area (Å²) in [4.78, 5) is 0.878. The lowest BCUT2D eigenvalue weighted by Crippen LogP contribution is -2.12. The van der Waals surface area contributed by atoms with Gasteiger partial charge in [0, 0.05) is 17.1 Å². The van der Waals surface area contributed by atoms with Crippen LogP contribution in [-0.2, 0) is 20.3 Å². The summed E-state index contributed by atoms with van der Waals surface area (Å²) in [6, 6.07) is 7.80. The van der Waals surface area contributed by atoms with Crippen LogP contribution in [0.25, 0.3) is 0 Å². The highest BCUT2D eigenvalue weighted by Gasteiger charge is 2.17. The molecular weight excluding hydrogens is 224 g/mol. The van der Waals surface area contributed by atoms with E-state index in [1.54, 1.807) is 0 Å². The van der Waals surface area contributed by atoms with Gasteiger partial charge in [-0.25, -0.2) is 0 Å². The van der Waals surface area contributed by atoms with Crippen molar-refractivity contribution in [1.29, 1.82) is 0 Å². The molecule has 0 unspecified atom stereocenters. The summed E-state index contributed by atoms with van der Waals surface area (Å²) in [7, 11) is -0.948. The van der Waals surface area contributed by atoms with E-state index in [2.05, 4.69) is 0 Å². The van der Waals surface area contributed by atoms with Gasteiger partial charge in [-0.15, -0.1) is 0 Å². The first kappa shape index (κ1) is 11.8. The topological polar surface area (TPSA) is 35.5 Å². The number of rotatable bonds is 4. The van der Waals surface area contributed by atoms with Gasteiger partial charge in [0.05, 0.1) is 24.0 Å². The van der Waals surface area contributed by atoms with Crippen LogP contribution in [0.3, 0.4) is 0 Å². The third kappa shape index (κ3) is 3.14. The predicted molar refractivity (Wildman–Crippen MR) is 62.8 cm³/mol. The first-order valence-electron chi connectivity index (χ1n) is 5.44. The second-order valence-corrected chi connectivity index (χ2v) is 5.39. The van der Waals surface area contributed by atoms with E-state index < -0.39 is 10.8 Å². The summed E-state index contributed by atoms with van der Waals surface area (Å²) in [5.74, 6) is 0.591. The molecule has 0 radical (unpaired) electrons. The van der Waals surface area contributed by atoms with E-state index in [-0.39, 0.29) is 6.29 Å². The largest absolute Gasteiger partial charge is 0.350 e. The molecular formula is C12H16O3S. The first-order valence-corrected chi connectivity index (χ1v) is 6.76. The Hall–Kier alpha value is -0.710. The maximum Gasteiger partial charge on any atom is 0.158 e. The molecule has 1 aliphatic heterocycles. The molecule has 0 bridgehead atoms. The molecule has 1 heterocycles. The summed E-state index contributed by atoms with van der Waals surface area (Å²) in [6.07, 6.45) is 0.537. The molecule has 1 fully saturated rings. The highest BCUT2D eigenvalue weighted by molar-refractivity contribution is 7.85. The van der Waals surface area contributed by atoms with Gasteiger partial charge in [0.1, 0.15) is 0 Å². The van der Waals surface area contributed by atoms with Crippen molar-refractivity contribution in [1.82, 2.24) is 0 Å². The molecule has 88 valence electrons. The van der Waals surface area contributed by atoms with E-state index in [0.29, 0.717) is 25.4 Å². The van der Waals surface area contributed by atoms with Crippen LogP contribution in [-0.4, -0.2) is 29.5 Å². The Morgan fingerprint density at radius 1 is 1.25 bits per heavy atom. The van der Waals surface area contributed by atoms with Crippen molar-refractivity contribution in [2.24, 2.45) is 0 Å². The lowest BCUT2D eigenvalue weighted by molar-refractivity contribution is -0.0423. The molecule has 1 aromatic rings. The zero-order valence-electron chi connectivity index (χ0n) is 9.35. The predicted octanol–water partition coefficient (Wildman–Crippen LogP) is 1.87. The fourth-order valence-electron chi connectivity index (χ4n) is 1.59. The second-order valence-electron chi connectivity index (χ2n) is 3.82. The van der Waals surface area contributed by atoms with E-state index in [9.17, 15) is 4.21 Å². The van der Waals surface area contributed by atoms with Crippen molar-refractivity contribution in [2.75, 3.05) is 19.0 Å². The van der Waals surface area contributed by atoms with Crippen LogP contribution in [0.5, 0.6) is 0 Å². The molecule has 1 atom stereocenters. The van der Waals surface area contributed by atoms with Gasteiger partial charge < -0.3 is 9.47 Å². The molecule has 16 heavy (non-hydrogen) atoms. The van der Waals surface area contributed by atoms with Gasteiger partial charge in [-0.1, -0.05) is 17.7 Å². The highest BCUT2D eigenvalue weighted by Crippen LogP contribution is 2.13. The Kier molecular flexibility index (Phi) is 4.09. The Balaban J connectivity index is 1.85. The van der Waals surface area contributed by atoms with Crippen molar-refractivity contribution < 1.29 is 13.7 Å². The smallest absolute Gasteiger partial charge is 0.158 e. The minimum Gasteiger partial charge on any atom is -0.350 e. The Labute approximate surface area is 98.2 Å². The van der Waals surface area contributed by atoms with Crippen molar-refractivity contribution in [3.05, 3.63) is 29.8 Å². The summed E-state index contributed by atoms with van der Waals surface area (Å²) < 4.78 is 22.5. The number of hydrogen-bond acceptors (Lipinski definition) is 3. The van der Waals surface area contributed by atoms with Gasteiger partial charge >= 0.3 is 0 Å². The Bertz CT molecular complexity index is 355. The van der Waals surface area contributed by atoms with Gasteiger partial charge in [0.15, 0.2) is 6.29 Å². The minimum atomic E-state index is -0.948. The zero-order valence-corrected chi connectivity index (χ0v) is 10.2. The van der Waals surface area contributed by atoms with Crippen molar-refractivity contribution in [3.8, 4) is 0 Å². The summed E-state index contributed by atoms with van der Waals surface area (Å²) >= 11 is 0. The van der Waals surface area contributed by atoms with Crippen molar-refractivity contribution in [2.45, 2.75) is 24.5 Å². The Morgan fingerprint density at radius 2 is 1.88 bits per heavy atom. The van der Waals surface area contributed by atoms with Crippen LogP contribution in [0.4, 0.5) is 0 Å². The maximum atomic E-state index is 11.9. The lowest BCUT2D eigenvalue weighted by atomic mass is 10.2. The fraction of sp³-hybridized carbons (Fsp3) is 0.500. The summed E-state index contributed by atoms with van der Waals surface area (Å²) in [5, 5.41) is 0. The van der Waals surface area contributed by atoms with Crippen molar-refractivity contribution >= 4 is 10.8 Å². The number of benzene rings is 1. The monoisotopic (exact) mass is 240 g/mol. The molecule has 0 spiro atoms. The average molecular weight is 240 g/mol. The van der Waals surface area contributed by atoms with Gasteiger partial charge in [0.2, 0.25) is 0 Å². The lowest BCUT2D eigenvalue weighted by Gasteiger charge is -2.08. The maximum absolute atomic E-state index is 11.9. The number of ether oxygens (including phenoxy) is 2. The molecule has 0 saturated carbocycles. The van der Waals surface area contributed by atoms with Crippen LogP contribution in [0, 0.1) is 6.92 Å². The van der Waals surface area contributed by atoms with Crippen LogP contribution >= 0.6 is 0 Å². The average Bonchev–Trinajstić information content (AvgIpc) is 2.80. The second kappa shape index (κ2) is 5.57. The van der Waals surface area contributed by atoms with E-state index >= 15 is 0 Å². The van der Waals surface area contributed by atoms with Crippen LogP contribution in [0.1, 0.15) is 12.0 Å². The molecule has 0 N–H and O–H groups in total. The highest BCUT2D eigenvalue weighted by atomic mass is 32.2. The molecule has 2 rings (SSSR count).